The van der Waals surface area contributed by atoms with Crippen molar-refractivity contribution in [3.63, 3.8) is 0 Å². The van der Waals surface area contributed by atoms with Gasteiger partial charge in [0.2, 0.25) is 10.0 Å². The first-order valence-electron chi connectivity index (χ1n) is 8.86. The van der Waals surface area contributed by atoms with E-state index in [2.05, 4.69) is 34.3 Å². The van der Waals surface area contributed by atoms with Gasteiger partial charge in [0, 0.05) is 45.1 Å². The van der Waals surface area contributed by atoms with Gasteiger partial charge in [-0.05, 0) is 36.8 Å². The zero-order valence-electron chi connectivity index (χ0n) is 14.5. The quantitative estimate of drug-likeness (QED) is 0.835. The predicted molar refractivity (Wildman–Crippen MR) is 97.0 cm³/mol. The van der Waals surface area contributed by atoms with Crippen LogP contribution in [0.25, 0.3) is 0 Å². The first-order valence-corrected chi connectivity index (χ1v) is 10.3. The molecular weight excluding hydrogens is 336 g/mol. The number of rotatable bonds is 4. The maximum Gasteiger partial charge on any atom is 0.246 e. The van der Waals surface area contributed by atoms with Crippen molar-refractivity contribution < 1.29 is 8.42 Å². The number of sulfonamides is 1. The Morgan fingerprint density at radius 2 is 1.92 bits per heavy atom. The molecule has 0 bridgehead atoms. The predicted octanol–water partition coefficient (Wildman–Crippen LogP) is 1.88. The third-order valence-electron chi connectivity index (χ3n) is 5.35. The largest absolute Gasteiger partial charge is 0.371 e. The third-order valence-corrected chi connectivity index (χ3v) is 7.21. The van der Waals surface area contributed by atoms with Crippen LogP contribution in [0.3, 0.4) is 0 Å². The van der Waals surface area contributed by atoms with E-state index in [-0.39, 0.29) is 0 Å². The van der Waals surface area contributed by atoms with E-state index in [0.29, 0.717) is 23.9 Å². The summed E-state index contributed by atoms with van der Waals surface area (Å²) in [5, 5.41) is 3.99. The number of hydrogen-bond donors (Lipinski definition) is 0. The molecule has 0 saturated carbocycles. The molecule has 1 saturated heterocycles. The van der Waals surface area contributed by atoms with E-state index in [4.69, 9.17) is 0 Å². The van der Waals surface area contributed by atoms with Gasteiger partial charge in [-0.3, -0.25) is 4.68 Å². The molecule has 4 rings (SSSR count). The molecule has 134 valence electrons. The van der Waals surface area contributed by atoms with Crippen molar-refractivity contribution in [3.8, 4) is 0 Å². The minimum atomic E-state index is -3.40. The summed E-state index contributed by atoms with van der Waals surface area (Å²) in [5.74, 6) is 0.548. The van der Waals surface area contributed by atoms with Crippen LogP contribution in [0.1, 0.15) is 18.4 Å². The third kappa shape index (κ3) is 3.18. The fraction of sp³-hybridized carbons (Fsp3) is 0.500. The number of aromatic nitrogens is 2. The van der Waals surface area contributed by atoms with Crippen LogP contribution in [0.5, 0.6) is 0 Å². The van der Waals surface area contributed by atoms with Gasteiger partial charge in [0.05, 0.1) is 6.20 Å². The van der Waals surface area contributed by atoms with Crippen LogP contribution in [-0.4, -0.2) is 48.7 Å². The summed E-state index contributed by atoms with van der Waals surface area (Å²) in [5.41, 5.74) is 2.78. The Morgan fingerprint density at radius 1 is 1.16 bits per heavy atom. The molecule has 1 aromatic carbocycles. The molecule has 7 heteroatoms. The van der Waals surface area contributed by atoms with Crippen molar-refractivity contribution in [1.82, 2.24) is 14.1 Å². The zero-order valence-corrected chi connectivity index (χ0v) is 15.3. The Balaban J connectivity index is 1.38. The second-order valence-electron chi connectivity index (χ2n) is 7.02. The van der Waals surface area contributed by atoms with Gasteiger partial charge in [-0.1, -0.05) is 18.2 Å². The van der Waals surface area contributed by atoms with E-state index in [0.717, 1.165) is 32.4 Å². The second kappa shape index (κ2) is 6.46. The lowest BCUT2D eigenvalue weighted by atomic mass is 9.97. The van der Waals surface area contributed by atoms with Gasteiger partial charge in [-0.25, -0.2) is 8.42 Å². The molecule has 2 aliphatic heterocycles. The standard InChI is InChI=1S/C18H24N4O2S/c1-20-14-17(12-19-20)25(23,24)22-10-6-15(7-11-22)13-21-9-8-16-4-2-3-5-18(16)21/h2-5,12,14-15H,6-11,13H2,1H3. The Morgan fingerprint density at radius 3 is 2.64 bits per heavy atom. The average Bonchev–Trinajstić information content (AvgIpc) is 3.23. The highest BCUT2D eigenvalue weighted by Gasteiger charge is 2.31. The topological polar surface area (TPSA) is 58.4 Å². The van der Waals surface area contributed by atoms with Gasteiger partial charge >= 0.3 is 0 Å². The van der Waals surface area contributed by atoms with Gasteiger partial charge in [0.1, 0.15) is 4.90 Å². The van der Waals surface area contributed by atoms with Gasteiger partial charge in [-0.2, -0.15) is 9.40 Å². The summed E-state index contributed by atoms with van der Waals surface area (Å²) in [6, 6.07) is 8.60. The van der Waals surface area contributed by atoms with Crippen molar-refractivity contribution in [1.29, 1.82) is 0 Å². The van der Waals surface area contributed by atoms with Crippen LogP contribution in [0.15, 0.2) is 41.6 Å². The van der Waals surface area contributed by atoms with Crippen molar-refractivity contribution in [2.24, 2.45) is 13.0 Å². The summed E-state index contributed by atoms with van der Waals surface area (Å²) in [6.45, 7) is 3.29. The number of nitrogens with zero attached hydrogens (tertiary/aromatic N) is 4. The summed E-state index contributed by atoms with van der Waals surface area (Å²) in [6.07, 6.45) is 5.95. The Kier molecular flexibility index (Phi) is 4.29. The lowest BCUT2D eigenvalue weighted by molar-refractivity contribution is 0.276. The highest BCUT2D eigenvalue weighted by Crippen LogP contribution is 2.31. The maximum atomic E-state index is 12.7. The van der Waals surface area contributed by atoms with Gasteiger partial charge in [0.25, 0.3) is 0 Å². The molecule has 6 nitrogen and oxygen atoms in total. The molecule has 0 atom stereocenters. The van der Waals surface area contributed by atoms with Crippen LogP contribution in [0.4, 0.5) is 5.69 Å². The van der Waals surface area contributed by atoms with E-state index in [1.165, 1.54) is 22.1 Å². The second-order valence-corrected chi connectivity index (χ2v) is 8.96. The van der Waals surface area contributed by atoms with Crippen LogP contribution in [-0.2, 0) is 23.5 Å². The Labute approximate surface area is 149 Å². The number of para-hydroxylation sites is 1. The lowest BCUT2D eigenvalue weighted by Crippen LogP contribution is -2.41. The fourth-order valence-electron chi connectivity index (χ4n) is 3.92. The van der Waals surface area contributed by atoms with Crippen molar-refractivity contribution in [2.45, 2.75) is 24.2 Å². The number of fused-ring (bicyclic) bond motifs is 1. The molecule has 1 aromatic heterocycles. The van der Waals surface area contributed by atoms with Crippen molar-refractivity contribution in [2.75, 3.05) is 31.1 Å². The molecule has 0 radical (unpaired) electrons. The Bertz CT molecular complexity index is 853. The van der Waals surface area contributed by atoms with E-state index in [1.54, 1.807) is 17.5 Å². The molecule has 3 heterocycles. The fourth-order valence-corrected chi connectivity index (χ4v) is 5.38. The van der Waals surface area contributed by atoms with Crippen LogP contribution in [0.2, 0.25) is 0 Å². The van der Waals surface area contributed by atoms with Crippen LogP contribution >= 0.6 is 0 Å². The molecule has 0 amide bonds. The van der Waals surface area contributed by atoms with Crippen molar-refractivity contribution >= 4 is 15.7 Å². The molecular formula is C18H24N4O2S. The van der Waals surface area contributed by atoms with E-state index in [1.807, 2.05) is 0 Å². The first-order chi connectivity index (χ1) is 12.0. The normalized spacial score (nSPS) is 19.3. The lowest BCUT2D eigenvalue weighted by Gasteiger charge is -2.33. The Hall–Kier alpha value is -1.86. The summed E-state index contributed by atoms with van der Waals surface area (Å²) in [4.78, 5) is 2.76. The van der Waals surface area contributed by atoms with Crippen LogP contribution < -0.4 is 4.90 Å². The molecule has 0 spiro atoms. The summed E-state index contributed by atoms with van der Waals surface area (Å²) < 4.78 is 28.5. The highest BCUT2D eigenvalue weighted by molar-refractivity contribution is 7.89. The first kappa shape index (κ1) is 16.6. The average molecular weight is 360 g/mol. The summed E-state index contributed by atoms with van der Waals surface area (Å²) >= 11 is 0. The zero-order chi connectivity index (χ0) is 17.4. The van der Waals surface area contributed by atoms with Crippen molar-refractivity contribution in [3.05, 3.63) is 42.2 Å². The SMILES string of the molecule is Cn1cc(S(=O)(=O)N2CCC(CN3CCc4ccccc43)CC2)cn1. The molecule has 2 aliphatic rings. The summed E-state index contributed by atoms with van der Waals surface area (Å²) in [7, 11) is -1.67. The molecule has 25 heavy (non-hydrogen) atoms. The molecule has 1 fully saturated rings. The number of benzene rings is 1. The van der Waals surface area contributed by atoms with Gasteiger partial charge in [0.15, 0.2) is 0 Å². The van der Waals surface area contributed by atoms with Crippen LogP contribution in [0, 0.1) is 5.92 Å². The van der Waals surface area contributed by atoms with Gasteiger partial charge in [-0.15, -0.1) is 0 Å². The smallest absolute Gasteiger partial charge is 0.246 e. The minimum Gasteiger partial charge on any atom is -0.371 e. The highest BCUT2D eigenvalue weighted by atomic mass is 32.2. The number of aryl methyl sites for hydroxylation is 1. The molecule has 2 aromatic rings. The van der Waals surface area contributed by atoms with E-state index >= 15 is 0 Å². The molecule has 0 unspecified atom stereocenters. The van der Waals surface area contributed by atoms with E-state index < -0.39 is 10.0 Å². The minimum absolute atomic E-state index is 0.293. The number of hydrogen-bond acceptors (Lipinski definition) is 4. The number of anilines is 1. The monoisotopic (exact) mass is 360 g/mol. The number of piperidine rings is 1. The van der Waals surface area contributed by atoms with E-state index in [9.17, 15) is 8.42 Å². The maximum absolute atomic E-state index is 12.7. The molecule has 0 N–H and O–H groups in total. The molecule has 0 aliphatic carbocycles. The van der Waals surface area contributed by atoms with Gasteiger partial charge < -0.3 is 4.90 Å².